The molecule has 4 N–H and O–H groups in total. The lowest BCUT2D eigenvalue weighted by molar-refractivity contribution is -0.119. The third kappa shape index (κ3) is 2.03. The monoisotopic (exact) mass is 194 g/mol. The van der Waals surface area contributed by atoms with E-state index in [0.29, 0.717) is 5.75 Å². The van der Waals surface area contributed by atoms with Crippen LogP contribution in [0.2, 0.25) is 0 Å². The third-order valence-corrected chi connectivity index (χ3v) is 2.09. The lowest BCUT2D eigenvalue weighted by Gasteiger charge is -2.14. The molecule has 0 saturated carbocycles. The summed E-state index contributed by atoms with van der Waals surface area (Å²) in [7, 11) is 1.55. The van der Waals surface area contributed by atoms with Crippen LogP contribution in [0.25, 0.3) is 0 Å². The van der Waals surface area contributed by atoms with Gasteiger partial charge in [0.1, 0.15) is 5.75 Å². The molecule has 0 radical (unpaired) electrons. The van der Waals surface area contributed by atoms with Crippen molar-refractivity contribution in [1.82, 2.24) is 0 Å². The van der Waals surface area contributed by atoms with Crippen LogP contribution in [-0.4, -0.2) is 19.6 Å². The molecule has 0 heterocycles. The summed E-state index contributed by atoms with van der Waals surface area (Å²) in [4.78, 5) is 11.1. The largest absolute Gasteiger partial charge is 0.496 e. The zero-order valence-corrected chi connectivity index (χ0v) is 8.07. The second-order valence-corrected chi connectivity index (χ2v) is 2.93. The third-order valence-electron chi connectivity index (χ3n) is 2.09. The van der Waals surface area contributed by atoms with Crippen molar-refractivity contribution < 1.29 is 9.53 Å². The Morgan fingerprint density at radius 2 is 2.14 bits per heavy atom. The zero-order chi connectivity index (χ0) is 10.6. The fourth-order valence-corrected chi connectivity index (χ4v) is 1.35. The molecule has 0 aliphatic carbocycles. The van der Waals surface area contributed by atoms with Crippen molar-refractivity contribution in [2.45, 2.75) is 5.92 Å². The van der Waals surface area contributed by atoms with Crippen molar-refractivity contribution in [2.24, 2.45) is 11.5 Å². The lowest BCUT2D eigenvalue weighted by Crippen LogP contribution is -2.28. The van der Waals surface area contributed by atoms with Gasteiger partial charge in [-0.3, -0.25) is 4.79 Å². The van der Waals surface area contributed by atoms with Gasteiger partial charge in [0.05, 0.1) is 13.0 Å². The Hall–Kier alpha value is -1.55. The number of amides is 1. The van der Waals surface area contributed by atoms with Gasteiger partial charge in [-0.15, -0.1) is 0 Å². The smallest absolute Gasteiger partial charge is 0.226 e. The molecule has 0 bridgehead atoms. The van der Waals surface area contributed by atoms with Crippen molar-refractivity contribution in [3.63, 3.8) is 0 Å². The Balaban J connectivity index is 3.08. The molecule has 1 aromatic rings. The molecule has 0 aliphatic heterocycles. The first kappa shape index (κ1) is 10.5. The van der Waals surface area contributed by atoms with Gasteiger partial charge in [0.2, 0.25) is 5.91 Å². The normalized spacial score (nSPS) is 12.1. The molecule has 1 aromatic carbocycles. The van der Waals surface area contributed by atoms with E-state index in [0.717, 1.165) is 5.56 Å². The van der Waals surface area contributed by atoms with Gasteiger partial charge in [-0.2, -0.15) is 0 Å². The zero-order valence-electron chi connectivity index (χ0n) is 8.07. The topological polar surface area (TPSA) is 78.3 Å². The van der Waals surface area contributed by atoms with E-state index in [2.05, 4.69) is 0 Å². The first-order valence-electron chi connectivity index (χ1n) is 4.33. The van der Waals surface area contributed by atoms with Crippen LogP contribution in [0, 0.1) is 0 Å². The molecule has 76 valence electrons. The van der Waals surface area contributed by atoms with Crippen molar-refractivity contribution in [3.8, 4) is 5.75 Å². The van der Waals surface area contributed by atoms with Crippen molar-refractivity contribution in [3.05, 3.63) is 29.8 Å². The highest BCUT2D eigenvalue weighted by atomic mass is 16.5. The quantitative estimate of drug-likeness (QED) is 0.719. The number of methoxy groups -OCH3 is 1. The molecule has 4 nitrogen and oxygen atoms in total. The number of rotatable bonds is 4. The minimum atomic E-state index is -0.480. The molecule has 4 heteroatoms. The molecule has 0 spiro atoms. The van der Waals surface area contributed by atoms with Gasteiger partial charge < -0.3 is 16.2 Å². The summed E-state index contributed by atoms with van der Waals surface area (Å²) in [6.45, 7) is 0.190. The highest BCUT2D eigenvalue weighted by Gasteiger charge is 2.19. The average Bonchev–Trinajstić information content (AvgIpc) is 2.19. The summed E-state index contributed by atoms with van der Waals surface area (Å²) in [6.07, 6.45) is 0. The molecule has 0 saturated heterocycles. The Morgan fingerprint density at radius 3 is 2.64 bits per heavy atom. The fourth-order valence-electron chi connectivity index (χ4n) is 1.35. The van der Waals surface area contributed by atoms with Gasteiger partial charge in [0, 0.05) is 12.1 Å². The van der Waals surface area contributed by atoms with Crippen LogP contribution >= 0.6 is 0 Å². The van der Waals surface area contributed by atoms with E-state index in [1.54, 1.807) is 19.2 Å². The minimum absolute atomic E-state index is 0.190. The molecular weight excluding hydrogens is 180 g/mol. The maximum absolute atomic E-state index is 11.1. The van der Waals surface area contributed by atoms with E-state index in [1.165, 1.54) is 0 Å². The maximum Gasteiger partial charge on any atom is 0.226 e. The Labute approximate surface area is 82.8 Å². The number of nitrogens with two attached hydrogens (primary N) is 2. The summed E-state index contributed by atoms with van der Waals surface area (Å²) in [5.74, 6) is -0.273. The van der Waals surface area contributed by atoms with Gasteiger partial charge in [-0.1, -0.05) is 18.2 Å². The van der Waals surface area contributed by atoms with E-state index in [4.69, 9.17) is 16.2 Å². The van der Waals surface area contributed by atoms with Crippen molar-refractivity contribution in [2.75, 3.05) is 13.7 Å². The molecule has 1 rings (SSSR count). The van der Waals surface area contributed by atoms with Crippen LogP contribution in [0.4, 0.5) is 0 Å². The summed E-state index contributed by atoms with van der Waals surface area (Å²) in [5, 5.41) is 0. The van der Waals surface area contributed by atoms with Gasteiger partial charge in [-0.05, 0) is 6.07 Å². The number of carbonyl (C=O) groups is 1. The first-order chi connectivity index (χ1) is 6.70. The first-order valence-corrected chi connectivity index (χ1v) is 4.33. The SMILES string of the molecule is COc1ccccc1C(CN)C(N)=O. The van der Waals surface area contributed by atoms with Gasteiger partial charge >= 0.3 is 0 Å². The molecule has 1 atom stereocenters. The minimum Gasteiger partial charge on any atom is -0.496 e. The van der Waals surface area contributed by atoms with Gasteiger partial charge in [0.25, 0.3) is 0 Å². The standard InChI is InChI=1S/C10H14N2O2/c1-14-9-5-3-2-4-7(9)8(6-11)10(12)13/h2-5,8H,6,11H2,1H3,(H2,12,13). The number of hydrogen-bond donors (Lipinski definition) is 2. The van der Waals surface area contributed by atoms with Crippen LogP contribution in [0.15, 0.2) is 24.3 Å². The second-order valence-electron chi connectivity index (χ2n) is 2.93. The molecule has 14 heavy (non-hydrogen) atoms. The summed E-state index contributed by atoms with van der Waals surface area (Å²) >= 11 is 0. The number of benzene rings is 1. The van der Waals surface area contributed by atoms with E-state index in [1.807, 2.05) is 12.1 Å². The predicted molar refractivity (Wildman–Crippen MR) is 54.0 cm³/mol. The highest BCUT2D eigenvalue weighted by Crippen LogP contribution is 2.25. The second kappa shape index (κ2) is 4.62. The molecule has 1 unspecified atom stereocenters. The Morgan fingerprint density at radius 1 is 1.50 bits per heavy atom. The van der Waals surface area contributed by atoms with Crippen molar-refractivity contribution in [1.29, 1.82) is 0 Å². The summed E-state index contributed by atoms with van der Waals surface area (Å²) in [6, 6.07) is 7.22. The number of para-hydroxylation sites is 1. The average molecular weight is 194 g/mol. The number of primary amides is 1. The highest BCUT2D eigenvalue weighted by molar-refractivity contribution is 5.83. The van der Waals surface area contributed by atoms with E-state index >= 15 is 0 Å². The predicted octanol–water partition coefficient (Wildman–Crippen LogP) is 0.223. The van der Waals surface area contributed by atoms with Crippen LogP contribution in [-0.2, 0) is 4.79 Å². The van der Waals surface area contributed by atoms with E-state index in [9.17, 15) is 4.79 Å². The Kier molecular flexibility index (Phi) is 3.48. The molecule has 0 aromatic heterocycles. The van der Waals surface area contributed by atoms with Gasteiger partial charge in [0.15, 0.2) is 0 Å². The number of ether oxygens (including phenoxy) is 1. The summed E-state index contributed by atoms with van der Waals surface area (Å²) < 4.78 is 5.11. The van der Waals surface area contributed by atoms with Crippen molar-refractivity contribution >= 4 is 5.91 Å². The number of hydrogen-bond acceptors (Lipinski definition) is 3. The van der Waals surface area contributed by atoms with E-state index < -0.39 is 11.8 Å². The van der Waals surface area contributed by atoms with Crippen LogP contribution in [0.1, 0.15) is 11.5 Å². The van der Waals surface area contributed by atoms with E-state index in [-0.39, 0.29) is 6.54 Å². The Bertz CT molecular complexity index is 326. The molecule has 1 amide bonds. The lowest BCUT2D eigenvalue weighted by atomic mass is 9.98. The maximum atomic E-state index is 11.1. The van der Waals surface area contributed by atoms with Gasteiger partial charge in [-0.25, -0.2) is 0 Å². The van der Waals surface area contributed by atoms with Crippen LogP contribution < -0.4 is 16.2 Å². The number of carbonyl (C=O) groups excluding carboxylic acids is 1. The fraction of sp³-hybridized carbons (Fsp3) is 0.300. The van der Waals surface area contributed by atoms with Crippen LogP contribution in [0.5, 0.6) is 5.75 Å². The molecular formula is C10H14N2O2. The molecule has 0 aliphatic rings. The summed E-state index contributed by atoms with van der Waals surface area (Å²) in [5.41, 5.74) is 11.4. The molecule has 0 fully saturated rings. The van der Waals surface area contributed by atoms with Crippen LogP contribution in [0.3, 0.4) is 0 Å².